The molecule has 0 saturated carbocycles. The van der Waals surface area contributed by atoms with Gasteiger partial charge in [0.05, 0.1) is 12.1 Å². The van der Waals surface area contributed by atoms with Gasteiger partial charge in [-0.3, -0.25) is 0 Å². The summed E-state index contributed by atoms with van der Waals surface area (Å²) >= 11 is 0. The first kappa shape index (κ1) is 12.4. The fourth-order valence-corrected chi connectivity index (χ4v) is 2.12. The van der Waals surface area contributed by atoms with Crippen LogP contribution in [0.15, 0.2) is 35.0 Å². The molecule has 0 aliphatic carbocycles. The van der Waals surface area contributed by atoms with Crippen LogP contribution in [-0.4, -0.2) is 25.8 Å². The molecule has 102 valence electrons. The third-order valence-electron chi connectivity index (χ3n) is 3.14. The summed E-state index contributed by atoms with van der Waals surface area (Å²) in [6.45, 7) is 2.45. The molecule has 3 rings (SSSR count). The molecule has 0 atom stereocenters. The van der Waals surface area contributed by atoms with Crippen molar-refractivity contribution in [2.24, 2.45) is 0 Å². The minimum Gasteiger partial charge on any atom is -0.478 e. The van der Waals surface area contributed by atoms with Crippen molar-refractivity contribution >= 4 is 16.9 Å². The summed E-state index contributed by atoms with van der Waals surface area (Å²) in [6, 6.07) is 6.92. The lowest BCUT2D eigenvalue weighted by molar-refractivity contribution is 0.0697. The number of benzene rings is 1. The van der Waals surface area contributed by atoms with Crippen LogP contribution in [-0.2, 0) is 13.0 Å². The largest absolute Gasteiger partial charge is 0.478 e. The topological polar surface area (TPSA) is 81.2 Å². The molecule has 1 N–H and O–H groups in total. The second-order valence-electron chi connectivity index (χ2n) is 4.48. The number of nitrogens with zero attached hydrogens (tertiary/aromatic N) is 3. The summed E-state index contributed by atoms with van der Waals surface area (Å²) < 4.78 is 7.04. The number of carboxylic acid groups (broad SMARTS) is 1. The van der Waals surface area contributed by atoms with E-state index >= 15 is 0 Å². The highest BCUT2D eigenvalue weighted by atomic mass is 16.5. The van der Waals surface area contributed by atoms with E-state index in [1.54, 1.807) is 18.2 Å². The summed E-state index contributed by atoms with van der Waals surface area (Å²) in [4.78, 5) is 15.2. The van der Waals surface area contributed by atoms with Crippen LogP contribution in [0.3, 0.4) is 0 Å². The number of aryl methyl sites for hydroxylation is 1. The van der Waals surface area contributed by atoms with Gasteiger partial charge in [-0.15, -0.1) is 0 Å². The van der Waals surface area contributed by atoms with Gasteiger partial charge < -0.3 is 14.2 Å². The molecule has 6 heteroatoms. The van der Waals surface area contributed by atoms with Gasteiger partial charge >= 0.3 is 5.97 Å². The fourth-order valence-electron chi connectivity index (χ4n) is 2.12. The first-order valence-corrected chi connectivity index (χ1v) is 6.31. The third kappa shape index (κ3) is 2.16. The van der Waals surface area contributed by atoms with Crippen LogP contribution in [0.1, 0.15) is 29.0 Å². The van der Waals surface area contributed by atoms with Gasteiger partial charge in [-0.1, -0.05) is 12.1 Å². The van der Waals surface area contributed by atoms with E-state index in [0.717, 1.165) is 10.9 Å². The lowest BCUT2D eigenvalue weighted by Gasteiger charge is -2.02. The zero-order chi connectivity index (χ0) is 14.1. The molecule has 2 heterocycles. The molecule has 2 aromatic heterocycles. The number of hydrogen-bond acceptors (Lipinski definition) is 4. The summed E-state index contributed by atoms with van der Waals surface area (Å²) in [6.07, 6.45) is 2.60. The minimum absolute atomic E-state index is 0.281. The van der Waals surface area contributed by atoms with Crippen molar-refractivity contribution in [2.45, 2.75) is 19.9 Å². The predicted octanol–water partition coefficient (Wildman–Crippen LogP) is 2.33. The smallest absolute Gasteiger partial charge is 0.335 e. The summed E-state index contributed by atoms with van der Waals surface area (Å²) in [7, 11) is 0. The molecule has 3 aromatic rings. The van der Waals surface area contributed by atoms with E-state index in [1.807, 2.05) is 23.8 Å². The Morgan fingerprint density at radius 3 is 2.95 bits per heavy atom. The van der Waals surface area contributed by atoms with E-state index in [2.05, 4.69) is 10.1 Å². The summed E-state index contributed by atoms with van der Waals surface area (Å²) in [5, 5.41) is 13.8. The highest BCUT2D eigenvalue weighted by Crippen LogP contribution is 2.18. The first-order chi connectivity index (χ1) is 9.67. The highest BCUT2D eigenvalue weighted by Gasteiger charge is 2.09. The van der Waals surface area contributed by atoms with Crippen LogP contribution in [0.5, 0.6) is 0 Å². The van der Waals surface area contributed by atoms with Crippen LogP contribution < -0.4 is 0 Å². The van der Waals surface area contributed by atoms with E-state index < -0.39 is 5.97 Å². The Labute approximate surface area is 114 Å². The van der Waals surface area contributed by atoms with Crippen molar-refractivity contribution in [3.05, 3.63) is 47.7 Å². The maximum Gasteiger partial charge on any atom is 0.335 e. The van der Waals surface area contributed by atoms with Gasteiger partial charge in [-0.2, -0.15) is 4.98 Å². The van der Waals surface area contributed by atoms with Gasteiger partial charge in [0.15, 0.2) is 5.82 Å². The molecule has 0 aliphatic rings. The number of aromatic carboxylic acids is 1. The number of rotatable bonds is 4. The van der Waals surface area contributed by atoms with Crippen molar-refractivity contribution in [3.8, 4) is 0 Å². The quantitative estimate of drug-likeness (QED) is 0.787. The molecule has 0 fully saturated rings. The highest BCUT2D eigenvalue weighted by molar-refractivity contribution is 5.93. The van der Waals surface area contributed by atoms with E-state index in [0.29, 0.717) is 24.7 Å². The number of carbonyl (C=O) groups is 1. The average Bonchev–Trinajstić information content (AvgIpc) is 3.06. The van der Waals surface area contributed by atoms with Gasteiger partial charge in [-0.05, 0) is 24.3 Å². The zero-order valence-electron chi connectivity index (χ0n) is 10.9. The lowest BCUT2D eigenvalue weighted by Crippen LogP contribution is -2.00. The third-order valence-corrected chi connectivity index (χ3v) is 3.14. The van der Waals surface area contributed by atoms with Crippen LogP contribution >= 0.6 is 0 Å². The van der Waals surface area contributed by atoms with Gasteiger partial charge in [0.25, 0.3) is 0 Å². The summed E-state index contributed by atoms with van der Waals surface area (Å²) in [5.74, 6) is 0.302. The van der Waals surface area contributed by atoms with E-state index in [9.17, 15) is 4.79 Å². The Balaban J connectivity index is 1.94. The van der Waals surface area contributed by atoms with Crippen LogP contribution in [0.2, 0.25) is 0 Å². The molecule has 0 radical (unpaired) electrons. The van der Waals surface area contributed by atoms with Gasteiger partial charge in [0.1, 0.15) is 0 Å². The van der Waals surface area contributed by atoms with Crippen molar-refractivity contribution in [1.82, 2.24) is 14.7 Å². The van der Waals surface area contributed by atoms with Crippen molar-refractivity contribution in [2.75, 3.05) is 0 Å². The predicted molar refractivity (Wildman–Crippen MR) is 71.7 cm³/mol. The Hall–Kier alpha value is -2.63. The monoisotopic (exact) mass is 271 g/mol. The Bertz CT molecular complexity index is 773. The maximum absolute atomic E-state index is 10.9. The standard InChI is InChI=1S/C14H13N3O3/c1-2-13-15-12(16-20-13)8-17-6-5-9-7-10(14(18)19)3-4-11(9)17/h3-7H,2,8H2,1H3,(H,18,19). The second-order valence-corrected chi connectivity index (χ2v) is 4.48. The Morgan fingerprint density at radius 2 is 2.25 bits per heavy atom. The average molecular weight is 271 g/mol. The normalized spacial score (nSPS) is 11.1. The molecule has 6 nitrogen and oxygen atoms in total. The number of aromatic nitrogens is 3. The van der Waals surface area contributed by atoms with Gasteiger partial charge in [-0.25, -0.2) is 4.79 Å². The fraction of sp³-hybridized carbons (Fsp3) is 0.214. The maximum atomic E-state index is 10.9. The molecular weight excluding hydrogens is 258 g/mol. The first-order valence-electron chi connectivity index (χ1n) is 6.31. The number of carboxylic acids is 1. The number of hydrogen-bond donors (Lipinski definition) is 1. The van der Waals surface area contributed by atoms with Crippen LogP contribution in [0, 0.1) is 0 Å². The number of fused-ring (bicyclic) bond motifs is 1. The SMILES string of the molecule is CCc1nc(Cn2ccc3cc(C(=O)O)ccc32)no1. The molecular formula is C14H13N3O3. The molecule has 20 heavy (non-hydrogen) atoms. The minimum atomic E-state index is -0.926. The van der Waals surface area contributed by atoms with Crippen LogP contribution in [0.4, 0.5) is 0 Å². The molecule has 1 aromatic carbocycles. The zero-order valence-corrected chi connectivity index (χ0v) is 10.9. The summed E-state index contributed by atoms with van der Waals surface area (Å²) in [5.41, 5.74) is 1.22. The molecule has 0 amide bonds. The Morgan fingerprint density at radius 1 is 1.40 bits per heavy atom. The molecule has 0 bridgehead atoms. The van der Waals surface area contributed by atoms with Crippen molar-refractivity contribution < 1.29 is 14.4 Å². The van der Waals surface area contributed by atoms with E-state index in [1.165, 1.54) is 0 Å². The molecule has 0 saturated heterocycles. The second kappa shape index (κ2) is 4.80. The van der Waals surface area contributed by atoms with Gasteiger partial charge in [0.2, 0.25) is 5.89 Å². The van der Waals surface area contributed by atoms with Gasteiger partial charge in [0, 0.05) is 23.5 Å². The molecule has 0 spiro atoms. The lowest BCUT2D eigenvalue weighted by atomic mass is 10.1. The Kier molecular flexibility index (Phi) is 2.98. The van der Waals surface area contributed by atoms with Crippen LogP contribution in [0.25, 0.3) is 10.9 Å². The van der Waals surface area contributed by atoms with E-state index in [-0.39, 0.29) is 5.56 Å². The van der Waals surface area contributed by atoms with Crippen molar-refractivity contribution in [1.29, 1.82) is 0 Å². The molecule has 0 aliphatic heterocycles. The molecule has 0 unspecified atom stereocenters. The van der Waals surface area contributed by atoms with Crippen molar-refractivity contribution in [3.63, 3.8) is 0 Å². The van der Waals surface area contributed by atoms with E-state index in [4.69, 9.17) is 9.63 Å².